The van der Waals surface area contributed by atoms with E-state index in [9.17, 15) is 14.4 Å². The molecular weight excluding hydrogens is 392 g/mol. The lowest BCUT2D eigenvalue weighted by Gasteiger charge is -2.27. The second-order valence-electron chi connectivity index (χ2n) is 7.77. The predicted octanol–water partition coefficient (Wildman–Crippen LogP) is 3.48. The molecule has 0 unspecified atom stereocenters. The maximum atomic E-state index is 12.8. The van der Waals surface area contributed by atoms with Crippen LogP contribution in [0.1, 0.15) is 41.6 Å². The van der Waals surface area contributed by atoms with E-state index >= 15 is 0 Å². The molecule has 1 aliphatic rings. The zero-order chi connectivity index (χ0) is 22.1. The first-order valence-corrected chi connectivity index (χ1v) is 10.8. The molecule has 7 heteroatoms. The largest absolute Gasteiger partial charge is 0.339 e. The van der Waals surface area contributed by atoms with Crippen LogP contribution in [0.15, 0.2) is 54.6 Å². The molecule has 4 amide bonds. The van der Waals surface area contributed by atoms with Crippen molar-refractivity contribution in [3.8, 4) is 0 Å². The number of urea groups is 1. The Bertz CT molecular complexity index is 895. The van der Waals surface area contributed by atoms with E-state index < -0.39 is 0 Å². The number of rotatable bonds is 7. The van der Waals surface area contributed by atoms with Crippen LogP contribution in [0.25, 0.3) is 0 Å². The fraction of sp³-hybridized carbons (Fsp3) is 0.375. The first-order chi connectivity index (χ1) is 15.0. The highest BCUT2D eigenvalue weighted by molar-refractivity contribution is 6.03. The molecule has 1 heterocycles. The van der Waals surface area contributed by atoms with Gasteiger partial charge in [-0.25, -0.2) is 4.79 Å². The van der Waals surface area contributed by atoms with Crippen LogP contribution in [0, 0.1) is 0 Å². The number of carbonyl (C=O) groups is 3. The van der Waals surface area contributed by atoms with Gasteiger partial charge in [-0.05, 0) is 37.0 Å². The summed E-state index contributed by atoms with van der Waals surface area (Å²) in [6, 6.07) is 16.5. The normalized spacial score (nSPS) is 13.4. The molecular formula is C24H30N4O3. The number of nitrogens with one attached hydrogen (secondary N) is 2. The highest BCUT2D eigenvalue weighted by Gasteiger charge is 2.21. The number of piperidine rings is 1. The molecule has 1 saturated heterocycles. The molecule has 0 aliphatic carbocycles. The van der Waals surface area contributed by atoms with Gasteiger partial charge in [-0.1, -0.05) is 42.5 Å². The third-order valence-electron chi connectivity index (χ3n) is 5.31. The van der Waals surface area contributed by atoms with Crippen LogP contribution in [0.5, 0.6) is 0 Å². The topological polar surface area (TPSA) is 81.8 Å². The minimum atomic E-state index is -0.245. The first-order valence-electron chi connectivity index (χ1n) is 10.8. The van der Waals surface area contributed by atoms with Crippen molar-refractivity contribution in [2.45, 2.75) is 32.2 Å². The van der Waals surface area contributed by atoms with E-state index in [1.54, 1.807) is 36.2 Å². The molecule has 2 aromatic rings. The minimum Gasteiger partial charge on any atom is -0.339 e. The molecule has 2 aromatic carbocycles. The summed E-state index contributed by atoms with van der Waals surface area (Å²) in [5, 5.41) is 5.58. The molecule has 3 rings (SSSR count). The van der Waals surface area contributed by atoms with Crippen molar-refractivity contribution in [3.63, 3.8) is 0 Å². The molecule has 0 atom stereocenters. The summed E-state index contributed by atoms with van der Waals surface area (Å²) in [7, 11) is 1.71. The summed E-state index contributed by atoms with van der Waals surface area (Å²) in [6.07, 6.45) is 3.29. The van der Waals surface area contributed by atoms with Crippen LogP contribution in [0.4, 0.5) is 10.5 Å². The van der Waals surface area contributed by atoms with Crippen LogP contribution in [-0.2, 0) is 11.3 Å². The Morgan fingerprint density at radius 3 is 2.35 bits per heavy atom. The van der Waals surface area contributed by atoms with Gasteiger partial charge in [0.25, 0.3) is 5.91 Å². The Balaban J connectivity index is 1.47. The number of benzene rings is 2. The standard InChI is InChI=1S/C24H30N4O3/c1-27(18-19-10-4-2-5-11-19)24(31)25-15-14-22(29)26-21-13-7-6-12-20(21)23(30)28-16-8-3-9-17-28/h2,4-7,10-13H,3,8-9,14-18H2,1H3,(H,25,31)(H,26,29). The first kappa shape index (κ1) is 22.3. The van der Waals surface area contributed by atoms with Crippen LogP contribution in [0.2, 0.25) is 0 Å². The number of amides is 4. The second-order valence-corrected chi connectivity index (χ2v) is 7.77. The van der Waals surface area contributed by atoms with Gasteiger partial charge in [0, 0.05) is 39.6 Å². The van der Waals surface area contributed by atoms with E-state index in [-0.39, 0.29) is 30.8 Å². The maximum absolute atomic E-state index is 12.8. The Hall–Kier alpha value is -3.35. The predicted molar refractivity (Wildman–Crippen MR) is 121 cm³/mol. The Kier molecular flexibility index (Phi) is 8.04. The molecule has 1 aliphatic heterocycles. The van der Waals surface area contributed by atoms with Crippen LogP contribution in [0.3, 0.4) is 0 Å². The van der Waals surface area contributed by atoms with Gasteiger partial charge in [0.15, 0.2) is 0 Å². The SMILES string of the molecule is CN(Cc1ccccc1)C(=O)NCCC(=O)Nc1ccccc1C(=O)N1CCCCC1. The smallest absolute Gasteiger partial charge is 0.317 e. The lowest BCUT2D eigenvalue weighted by Crippen LogP contribution is -2.38. The fourth-order valence-electron chi connectivity index (χ4n) is 3.61. The van der Waals surface area contributed by atoms with Gasteiger partial charge in [-0.15, -0.1) is 0 Å². The summed E-state index contributed by atoms with van der Waals surface area (Å²) in [5.41, 5.74) is 2.05. The summed E-state index contributed by atoms with van der Waals surface area (Å²) in [6.45, 7) is 2.21. The van der Waals surface area contributed by atoms with Crippen molar-refractivity contribution in [2.24, 2.45) is 0 Å². The van der Waals surface area contributed by atoms with Gasteiger partial charge in [-0.3, -0.25) is 9.59 Å². The van der Waals surface area contributed by atoms with Gasteiger partial charge < -0.3 is 20.4 Å². The third-order valence-corrected chi connectivity index (χ3v) is 5.31. The highest BCUT2D eigenvalue weighted by atomic mass is 16.2. The molecule has 2 N–H and O–H groups in total. The Morgan fingerprint density at radius 2 is 1.61 bits per heavy atom. The van der Waals surface area contributed by atoms with Gasteiger partial charge in [-0.2, -0.15) is 0 Å². The van der Waals surface area contributed by atoms with Gasteiger partial charge >= 0.3 is 6.03 Å². The number of hydrogen-bond donors (Lipinski definition) is 2. The molecule has 7 nitrogen and oxygen atoms in total. The number of para-hydroxylation sites is 1. The number of carbonyl (C=O) groups excluding carboxylic acids is 3. The average molecular weight is 423 g/mol. The van der Waals surface area contributed by atoms with Gasteiger partial charge in [0.1, 0.15) is 0 Å². The number of hydrogen-bond acceptors (Lipinski definition) is 3. The number of likely N-dealkylation sites (tertiary alicyclic amines) is 1. The van der Waals surface area contributed by atoms with Gasteiger partial charge in [0.2, 0.25) is 5.91 Å². The van der Waals surface area contributed by atoms with E-state index in [0.29, 0.717) is 17.8 Å². The molecule has 0 spiro atoms. The van der Waals surface area contributed by atoms with Crippen LogP contribution in [-0.4, -0.2) is 54.3 Å². The zero-order valence-electron chi connectivity index (χ0n) is 18.0. The monoisotopic (exact) mass is 422 g/mol. The van der Waals surface area contributed by atoms with E-state index in [2.05, 4.69) is 10.6 Å². The highest BCUT2D eigenvalue weighted by Crippen LogP contribution is 2.20. The lowest BCUT2D eigenvalue weighted by atomic mass is 10.1. The Labute approximate surface area is 183 Å². The fourth-order valence-corrected chi connectivity index (χ4v) is 3.61. The van der Waals surface area contributed by atoms with E-state index in [1.807, 2.05) is 35.2 Å². The summed E-state index contributed by atoms with van der Waals surface area (Å²) >= 11 is 0. The number of nitrogens with zero attached hydrogens (tertiary/aromatic N) is 2. The van der Waals surface area contributed by atoms with Gasteiger partial charge in [0.05, 0.1) is 11.3 Å². The summed E-state index contributed by atoms with van der Waals surface area (Å²) in [4.78, 5) is 40.9. The van der Waals surface area contributed by atoms with Crippen molar-refractivity contribution in [3.05, 3.63) is 65.7 Å². The lowest BCUT2D eigenvalue weighted by molar-refractivity contribution is -0.116. The molecule has 0 saturated carbocycles. The quantitative estimate of drug-likeness (QED) is 0.717. The third kappa shape index (κ3) is 6.57. The van der Waals surface area contributed by atoms with Crippen molar-refractivity contribution in [2.75, 3.05) is 32.0 Å². The summed E-state index contributed by atoms with van der Waals surface area (Å²) in [5.74, 6) is -0.295. The molecule has 0 aromatic heterocycles. The van der Waals surface area contributed by atoms with Crippen molar-refractivity contribution >= 4 is 23.5 Å². The maximum Gasteiger partial charge on any atom is 0.317 e. The van der Waals surface area contributed by atoms with Crippen molar-refractivity contribution < 1.29 is 14.4 Å². The number of anilines is 1. The summed E-state index contributed by atoms with van der Waals surface area (Å²) < 4.78 is 0. The van der Waals surface area contributed by atoms with Crippen molar-refractivity contribution in [1.82, 2.24) is 15.1 Å². The van der Waals surface area contributed by atoms with E-state index in [4.69, 9.17) is 0 Å². The molecule has 31 heavy (non-hydrogen) atoms. The van der Waals surface area contributed by atoms with E-state index in [0.717, 1.165) is 37.9 Å². The van der Waals surface area contributed by atoms with Crippen molar-refractivity contribution in [1.29, 1.82) is 0 Å². The zero-order valence-corrected chi connectivity index (χ0v) is 18.0. The average Bonchev–Trinajstić information content (AvgIpc) is 2.80. The van der Waals surface area contributed by atoms with Crippen LogP contribution >= 0.6 is 0 Å². The molecule has 164 valence electrons. The Morgan fingerprint density at radius 1 is 0.935 bits per heavy atom. The molecule has 0 radical (unpaired) electrons. The molecule has 1 fully saturated rings. The van der Waals surface area contributed by atoms with E-state index in [1.165, 1.54) is 0 Å². The minimum absolute atomic E-state index is 0.0496. The molecule has 0 bridgehead atoms. The van der Waals surface area contributed by atoms with Crippen LogP contribution < -0.4 is 10.6 Å². The second kappa shape index (κ2) is 11.2.